The summed E-state index contributed by atoms with van der Waals surface area (Å²) in [6.07, 6.45) is 0.343. The van der Waals surface area contributed by atoms with Crippen LogP contribution in [0.2, 0.25) is 0 Å². The third-order valence-electron chi connectivity index (χ3n) is 3.23. The summed E-state index contributed by atoms with van der Waals surface area (Å²) in [5.74, 6) is -0.00813. The van der Waals surface area contributed by atoms with Gasteiger partial charge < -0.3 is 14.9 Å². The average Bonchev–Trinajstić information content (AvgIpc) is 2.36. The number of aliphatic hydroxyl groups is 2. The maximum Gasteiger partial charge on any atom is 0.125 e. The molecule has 2 N–H and O–H groups in total. The molecule has 0 amide bonds. The number of rotatable bonds is 6. The lowest BCUT2D eigenvalue weighted by Gasteiger charge is -2.26. The first-order chi connectivity index (χ1) is 8.41. The van der Waals surface area contributed by atoms with Crippen LogP contribution in [-0.2, 0) is 0 Å². The Balaban J connectivity index is 2.85. The zero-order chi connectivity index (χ0) is 13.8. The molecule has 0 saturated heterocycles. The summed E-state index contributed by atoms with van der Waals surface area (Å²) < 4.78 is 18.6. The molecule has 0 aliphatic carbocycles. The van der Waals surface area contributed by atoms with E-state index in [0.717, 1.165) is 0 Å². The third-order valence-corrected chi connectivity index (χ3v) is 3.23. The van der Waals surface area contributed by atoms with Gasteiger partial charge in [-0.15, -0.1) is 0 Å². The lowest BCUT2D eigenvalue weighted by atomic mass is 9.99. The van der Waals surface area contributed by atoms with E-state index in [2.05, 4.69) is 0 Å². The molecule has 0 aliphatic rings. The van der Waals surface area contributed by atoms with E-state index in [1.54, 1.807) is 6.92 Å². The van der Waals surface area contributed by atoms with E-state index < -0.39 is 17.5 Å². The molecule has 0 saturated carbocycles. The Bertz CT molecular complexity index is 387. The molecule has 1 rings (SSSR count). The van der Waals surface area contributed by atoms with Crippen LogP contribution in [-0.4, -0.2) is 22.4 Å². The van der Waals surface area contributed by atoms with Crippen molar-refractivity contribution >= 4 is 0 Å². The van der Waals surface area contributed by atoms with Crippen molar-refractivity contribution in [2.45, 2.75) is 45.3 Å². The van der Waals surface area contributed by atoms with Crippen molar-refractivity contribution in [2.75, 3.05) is 6.61 Å². The van der Waals surface area contributed by atoms with Crippen LogP contribution in [0.5, 0.6) is 5.75 Å². The van der Waals surface area contributed by atoms with Gasteiger partial charge in [0.25, 0.3) is 0 Å². The molecule has 1 unspecified atom stereocenters. The predicted molar refractivity (Wildman–Crippen MR) is 68.1 cm³/mol. The molecule has 1 aromatic carbocycles. The van der Waals surface area contributed by atoms with Crippen LogP contribution < -0.4 is 4.74 Å². The lowest BCUT2D eigenvalue weighted by Crippen LogP contribution is -2.34. The molecular weight excluding hydrogens is 235 g/mol. The van der Waals surface area contributed by atoms with Crippen LogP contribution in [0.3, 0.4) is 0 Å². The number of ether oxygens (including phenoxy) is 1. The summed E-state index contributed by atoms with van der Waals surface area (Å²) in [5, 5.41) is 19.7. The Morgan fingerprint density at radius 3 is 2.44 bits per heavy atom. The number of aliphatic hydroxyl groups excluding tert-OH is 1. The SMILES string of the molecule is CCC(O)(CC)COc1ccc(F)cc1C(C)O. The van der Waals surface area contributed by atoms with Gasteiger partial charge in [-0.05, 0) is 38.0 Å². The second kappa shape index (κ2) is 6.16. The minimum atomic E-state index is -0.885. The summed E-state index contributed by atoms with van der Waals surface area (Å²) in [7, 11) is 0. The highest BCUT2D eigenvalue weighted by molar-refractivity contribution is 5.35. The Labute approximate surface area is 107 Å². The highest BCUT2D eigenvalue weighted by Gasteiger charge is 2.24. The standard InChI is InChI=1S/C14H21FO3/c1-4-14(17,5-2)9-18-13-7-6-11(15)8-12(13)10(3)16/h6-8,10,16-17H,4-5,9H2,1-3H3. The number of hydrogen-bond donors (Lipinski definition) is 2. The van der Waals surface area contributed by atoms with Crippen molar-refractivity contribution in [2.24, 2.45) is 0 Å². The maximum absolute atomic E-state index is 13.1. The van der Waals surface area contributed by atoms with E-state index in [4.69, 9.17) is 4.74 Å². The molecule has 4 heteroatoms. The van der Waals surface area contributed by atoms with Crippen molar-refractivity contribution < 1.29 is 19.3 Å². The van der Waals surface area contributed by atoms with Crippen LogP contribution in [0.1, 0.15) is 45.3 Å². The van der Waals surface area contributed by atoms with Crippen LogP contribution >= 0.6 is 0 Å². The topological polar surface area (TPSA) is 49.7 Å². The molecule has 1 atom stereocenters. The van der Waals surface area contributed by atoms with Gasteiger partial charge in [0.2, 0.25) is 0 Å². The smallest absolute Gasteiger partial charge is 0.125 e. The van der Waals surface area contributed by atoms with Crippen LogP contribution in [0, 0.1) is 5.82 Å². The minimum absolute atomic E-state index is 0.130. The molecule has 102 valence electrons. The molecule has 0 aliphatic heterocycles. The van der Waals surface area contributed by atoms with Gasteiger partial charge in [0, 0.05) is 5.56 Å². The van der Waals surface area contributed by atoms with Gasteiger partial charge in [0.05, 0.1) is 11.7 Å². The van der Waals surface area contributed by atoms with Gasteiger partial charge >= 0.3 is 0 Å². The fraction of sp³-hybridized carbons (Fsp3) is 0.571. The van der Waals surface area contributed by atoms with Gasteiger partial charge in [-0.3, -0.25) is 0 Å². The van der Waals surface area contributed by atoms with Crippen LogP contribution in [0.15, 0.2) is 18.2 Å². The van der Waals surface area contributed by atoms with Gasteiger partial charge in [-0.25, -0.2) is 4.39 Å². The third kappa shape index (κ3) is 3.68. The lowest BCUT2D eigenvalue weighted by molar-refractivity contribution is -0.0121. The first-order valence-electron chi connectivity index (χ1n) is 6.24. The van der Waals surface area contributed by atoms with Gasteiger partial charge in [0.1, 0.15) is 18.2 Å². The highest BCUT2D eigenvalue weighted by Crippen LogP contribution is 2.27. The summed E-state index contributed by atoms with van der Waals surface area (Å²) in [5.41, 5.74) is -0.491. The zero-order valence-corrected chi connectivity index (χ0v) is 11.1. The first-order valence-corrected chi connectivity index (χ1v) is 6.24. The Hall–Kier alpha value is -1.13. The van der Waals surface area contributed by atoms with Gasteiger partial charge in [0.15, 0.2) is 0 Å². The van der Waals surface area contributed by atoms with E-state index in [-0.39, 0.29) is 6.61 Å². The highest BCUT2D eigenvalue weighted by atomic mass is 19.1. The largest absolute Gasteiger partial charge is 0.490 e. The zero-order valence-electron chi connectivity index (χ0n) is 11.1. The first kappa shape index (κ1) is 14.9. The number of benzene rings is 1. The fourth-order valence-electron chi connectivity index (χ4n) is 1.64. The van der Waals surface area contributed by atoms with Gasteiger partial charge in [-0.1, -0.05) is 13.8 Å². The van der Waals surface area contributed by atoms with Crippen molar-refractivity contribution in [1.82, 2.24) is 0 Å². The number of hydrogen-bond acceptors (Lipinski definition) is 3. The molecule has 18 heavy (non-hydrogen) atoms. The summed E-state index contributed by atoms with van der Waals surface area (Å²) >= 11 is 0. The normalized spacial score (nSPS) is 13.4. The predicted octanol–water partition coefficient (Wildman–Crippen LogP) is 2.81. The Morgan fingerprint density at radius 1 is 1.33 bits per heavy atom. The van der Waals surface area contributed by atoms with Crippen molar-refractivity contribution in [3.63, 3.8) is 0 Å². The maximum atomic E-state index is 13.1. The van der Waals surface area contributed by atoms with E-state index in [1.165, 1.54) is 18.2 Å². The molecular formula is C14H21FO3. The molecule has 0 radical (unpaired) electrons. The van der Waals surface area contributed by atoms with Crippen LogP contribution in [0.25, 0.3) is 0 Å². The second-order valence-electron chi connectivity index (χ2n) is 4.58. The summed E-state index contributed by atoms with van der Waals surface area (Å²) in [4.78, 5) is 0. The monoisotopic (exact) mass is 256 g/mol. The van der Waals surface area contributed by atoms with Gasteiger partial charge in [-0.2, -0.15) is 0 Å². The number of halogens is 1. The molecule has 0 heterocycles. The molecule has 3 nitrogen and oxygen atoms in total. The van der Waals surface area contributed by atoms with Crippen molar-refractivity contribution in [1.29, 1.82) is 0 Å². The Kier molecular flexibility index (Phi) is 5.11. The molecule has 0 fully saturated rings. The summed E-state index contributed by atoms with van der Waals surface area (Å²) in [6, 6.07) is 4.00. The van der Waals surface area contributed by atoms with Crippen molar-refractivity contribution in [3.8, 4) is 5.75 Å². The Morgan fingerprint density at radius 2 is 1.94 bits per heavy atom. The molecule has 0 aromatic heterocycles. The molecule has 0 bridgehead atoms. The van der Waals surface area contributed by atoms with E-state index in [0.29, 0.717) is 24.2 Å². The second-order valence-corrected chi connectivity index (χ2v) is 4.58. The van der Waals surface area contributed by atoms with Crippen LogP contribution in [0.4, 0.5) is 4.39 Å². The quantitative estimate of drug-likeness (QED) is 0.822. The average molecular weight is 256 g/mol. The fourth-order valence-corrected chi connectivity index (χ4v) is 1.64. The van der Waals surface area contributed by atoms with E-state index in [9.17, 15) is 14.6 Å². The molecule has 1 aromatic rings. The summed E-state index contributed by atoms with van der Waals surface area (Å²) in [6.45, 7) is 5.44. The van der Waals surface area contributed by atoms with E-state index >= 15 is 0 Å². The van der Waals surface area contributed by atoms with E-state index in [1.807, 2.05) is 13.8 Å². The minimum Gasteiger partial charge on any atom is -0.490 e. The molecule has 0 spiro atoms. The van der Waals surface area contributed by atoms with Crippen molar-refractivity contribution in [3.05, 3.63) is 29.6 Å².